The third-order valence-electron chi connectivity index (χ3n) is 1.98. The van der Waals surface area contributed by atoms with E-state index in [9.17, 15) is 9.59 Å². The summed E-state index contributed by atoms with van der Waals surface area (Å²) in [6.45, 7) is 4.83. The van der Waals surface area contributed by atoms with Crippen molar-refractivity contribution in [3.63, 3.8) is 0 Å². The number of hydrogen-bond donors (Lipinski definition) is 3. The zero-order valence-corrected chi connectivity index (χ0v) is 9.00. The normalized spacial score (nSPS) is 20.5. The molecule has 6 heteroatoms. The van der Waals surface area contributed by atoms with Crippen molar-refractivity contribution in [3.05, 3.63) is 0 Å². The molecule has 1 atom stereocenters. The first-order valence-corrected chi connectivity index (χ1v) is 5.04. The molecule has 0 aromatic carbocycles. The van der Waals surface area contributed by atoms with Gasteiger partial charge in [0.05, 0.1) is 0 Å². The van der Waals surface area contributed by atoms with Crippen LogP contribution < -0.4 is 16.1 Å². The molecule has 0 aromatic heterocycles. The summed E-state index contributed by atoms with van der Waals surface area (Å²) in [5.41, 5.74) is 2.18. The zero-order chi connectivity index (χ0) is 11.3. The van der Waals surface area contributed by atoms with Gasteiger partial charge >= 0.3 is 0 Å². The summed E-state index contributed by atoms with van der Waals surface area (Å²) in [5.74, 6) is -0.436. The van der Waals surface area contributed by atoms with Crippen LogP contribution >= 0.6 is 0 Å². The molecule has 1 aliphatic rings. The molecular weight excluding hydrogens is 198 g/mol. The number of amides is 2. The van der Waals surface area contributed by atoms with Gasteiger partial charge in [-0.2, -0.15) is 0 Å². The summed E-state index contributed by atoms with van der Waals surface area (Å²) < 4.78 is 0. The van der Waals surface area contributed by atoms with Crippen LogP contribution in [0.25, 0.3) is 0 Å². The number of carbonyl (C=O) groups excluding carboxylic acids is 2. The smallest absolute Gasteiger partial charge is 0.268 e. The van der Waals surface area contributed by atoms with Crippen LogP contribution in [0.5, 0.6) is 0 Å². The molecule has 0 aromatic rings. The Hall–Kier alpha value is -1.14. The molecule has 0 saturated carbocycles. The molecule has 1 heterocycles. The minimum atomic E-state index is -0.545. The highest BCUT2D eigenvalue weighted by Gasteiger charge is 2.26. The van der Waals surface area contributed by atoms with Crippen LogP contribution in [-0.2, 0) is 14.4 Å². The van der Waals surface area contributed by atoms with E-state index in [0.717, 1.165) is 0 Å². The van der Waals surface area contributed by atoms with Crippen molar-refractivity contribution >= 4 is 11.8 Å². The van der Waals surface area contributed by atoms with E-state index >= 15 is 0 Å². The van der Waals surface area contributed by atoms with Crippen molar-refractivity contribution in [1.82, 2.24) is 16.1 Å². The minimum Gasteiger partial charge on any atom is -0.342 e. The van der Waals surface area contributed by atoms with Crippen molar-refractivity contribution in [2.45, 2.75) is 32.4 Å². The van der Waals surface area contributed by atoms with Gasteiger partial charge in [-0.1, -0.05) is 13.8 Å². The fourth-order valence-electron chi connectivity index (χ4n) is 1.19. The van der Waals surface area contributed by atoms with Crippen LogP contribution in [0, 0.1) is 0 Å². The Labute approximate surface area is 88.7 Å². The highest BCUT2D eigenvalue weighted by molar-refractivity contribution is 5.88. The molecule has 0 spiro atoms. The molecule has 3 N–H and O–H groups in total. The van der Waals surface area contributed by atoms with Gasteiger partial charge in [0, 0.05) is 19.0 Å². The SMILES string of the molecule is CC(C)NCCC(=O)N[C@@H]1CONC1=O. The summed E-state index contributed by atoms with van der Waals surface area (Å²) in [6, 6.07) is -0.188. The largest absolute Gasteiger partial charge is 0.342 e. The van der Waals surface area contributed by atoms with E-state index in [-0.39, 0.29) is 18.4 Å². The Morgan fingerprint density at radius 1 is 1.67 bits per heavy atom. The van der Waals surface area contributed by atoms with Crippen LogP contribution in [0.15, 0.2) is 0 Å². The predicted octanol–water partition coefficient (Wildman–Crippen LogP) is -1.08. The number of hydroxylamine groups is 1. The Balaban J connectivity index is 2.15. The van der Waals surface area contributed by atoms with Crippen molar-refractivity contribution in [2.24, 2.45) is 0 Å². The molecule has 1 fully saturated rings. The van der Waals surface area contributed by atoms with E-state index in [1.165, 1.54) is 0 Å². The molecule has 6 nitrogen and oxygen atoms in total. The van der Waals surface area contributed by atoms with Crippen molar-refractivity contribution in [2.75, 3.05) is 13.2 Å². The van der Waals surface area contributed by atoms with Crippen LogP contribution in [-0.4, -0.2) is 37.0 Å². The second-order valence-corrected chi connectivity index (χ2v) is 3.76. The molecular formula is C9H17N3O3. The second kappa shape index (κ2) is 5.67. The summed E-state index contributed by atoms with van der Waals surface area (Å²) in [7, 11) is 0. The van der Waals surface area contributed by atoms with Gasteiger partial charge in [0.1, 0.15) is 12.6 Å². The molecule has 0 unspecified atom stereocenters. The van der Waals surface area contributed by atoms with Crippen LogP contribution in [0.3, 0.4) is 0 Å². The van der Waals surface area contributed by atoms with Gasteiger partial charge in [-0.05, 0) is 0 Å². The molecule has 2 amide bonds. The summed E-state index contributed by atoms with van der Waals surface area (Å²) in [4.78, 5) is 27.0. The third kappa shape index (κ3) is 4.26. The van der Waals surface area contributed by atoms with Crippen molar-refractivity contribution < 1.29 is 14.4 Å². The molecule has 1 saturated heterocycles. The highest BCUT2D eigenvalue weighted by Crippen LogP contribution is 1.94. The highest BCUT2D eigenvalue weighted by atomic mass is 16.7. The number of carbonyl (C=O) groups is 2. The predicted molar refractivity (Wildman–Crippen MR) is 53.8 cm³/mol. The second-order valence-electron chi connectivity index (χ2n) is 3.76. The lowest BCUT2D eigenvalue weighted by atomic mass is 10.3. The lowest BCUT2D eigenvalue weighted by Gasteiger charge is -2.10. The van der Waals surface area contributed by atoms with Crippen LogP contribution in [0.1, 0.15) is 20.3 Å². The van der Waals surface area contributed by atoms with Gasteiger partial charge in [-0.3, -0.25) is 14.4 Å². The number of nitrogens with one attached hydrogen (secondary N) is 3. The van der Waals surface area contributed by atoms with E-state index in [4.69, 9.17) is 0 Å². The molecule has 86 valence electrons. The lowest BCUT2D eigenvalue weighted by Crippen LogP contribution is -2.42. The van der Waals surface area contributed by atoms with Crippen molar-refractivity contribution in [3.8, 4) is 0 Å². The first kappa shape index (κ1) is 11.9. The molecule has 0 aliphatic carbocycles. The van der Waals surface area contributed by atoms with E-state index in [2.05, 4.69) is 21.0 Å². The topological polar surface area (TPSA) is 79.5 Å². The Kier molecular flexibility index (Phi) is 4.51. The summed E-state index contributed by atoms with van der Waals surface area (Å²) >= 11 is 0. The molecule has 15 heavy (non-hydrogen) atoms. The average Bonchev–Trinajstić information content (AvgIpc) is 2.51. The first-order valence-electron chi connectivity index (χ1n) is 5.04. The maximum atomic E-state index is 11.3. The summed E-state index contributed by atoms with van der Waals surface area (Å²) in [6.07, 6.45) is 0.363. The van der Waals surface area contributed by atoms with E-state index in [0.29, 0.717) is 19.0 Å². The zero-order valence-electron chi connectivity index (χ0n) is 9.00. The van der Waals surface area contributed by atoms with Crippen LogP contribution in [0.4, 0.5) is 0 Å². The molecule has 1 rings (SSSR count). The van der Waals surface area contributed by atoms with Gasteiger partial charge in [0.25, 0.3) is 5.91 Å². The maximum Gasteiger partial charge on any atom is 0.268 e. The molecule has 0 bridgehead atoms. The molecule has 1 aliphatic heterocycles. The maximum absolute atomic E-state index is 11.3. The van der Waals surface area contributed by atoms with Crippen molar-refractivity contribution in [1.29, 1.82) is 0 Å². The third-order valence-corrected chi connectivity index (χ3v) is 1.98. The van der Waals surface area contributed by atoms with Gasteiger partial charge in [-0.25, -0.2) is 5.48 Å². The Morgan fingerprint density at radius 3 is 2.93 bits per heavy atom. The molecule has 0 radical (unpaired) electrons. The fourth-order valence-corrected chi connectivity index (χ4v) is 1.19. The standard InChI is InChI=1S/C9H17N3O3/c1-6(2)10-4-3-8(13)11-7-5-15-12-9(7)14/h6-7,10H,3-5H2,1-2H3,(H,11,13)(H,12,14)/t7-/m1/s1. The average molecular weight is 215 g/mol. The van der Waals surface area contributed by atoms with Gasteiger partial charge in [0.2, 0.25) is 5.91 Å². The van der Waals surface area contributed by atoms with Gasteiger partial charge < -0.3 is 10.6 Å². The van der Waals surface area contributed by atoms with E-state index in [1.54, 1.807) is 0 Å². The quantitative estimate of drug-likeness (QED) is 0.545. The van der Waals surface area contributed by atoms with E-state index in [1.807, 2.05) is 13.8 Å². The van der Waals surface area contributed by atoms with Crippen LogP contribution in [0.2, 0.25) is 0 Å². The van der Waals surface area contributed by atoms with E-state index < -0.39 is 6.04 Å². The summed E-state index contributed by atoms with van der Waals surface area (Å²) in [5, 5.41) is 5.71. The van der Waals surface area contributed by atoms with Gasteiger partial charge in [0.15, 0.2) is 0 Å². The monoisotopic (exact) mass is 215 g/mol. The lowest BCUT2D eigenvalue weighted by molar-refractivity contribution is -0.128. The number of rotatable bonds is 5. The number of hydrogen-bond acceptors (Lipinski definition) is 4. The fraction of sp³-hybridized carbons (Fsp3) is 0.778. The first-order chi connectivity index (χ1) is 7.09. The van der Waals surface area contributed by atoms with Gasteiger partial charge in [-0.15, -0.1) is 0 Å². The minimum absolute atomic E-state index is 0.145. The Morgan fingerprint density at radius 2 is 2.40 bits per heavy atom. The Bertz CT molecular complexity index is 243.